The van der Waals surface area contributed by atoms with Gasteiger partial charge in [-0.3, -0.25) is 0 Å². The molecule has 0 aromatic heterocycles. The molecule has 166 valence electrons. The van der Waals surface area contributed by atoms with E-state index < -0.39 is 0 Å². The summed E-state index contributed by atoms with van der Waals surface area (Å²) in [5.41, 5.74) is 2.51. The van der Waals surface area contributed by atoms with Gasteiger partial charge in [0, 0.05) is 6.04 Å². The fourth-order valence-corrected chi connectivity index (χ4v) is 3.63. The van der Waals surface area contributed by atoms with Crippen LogP contribution in [0.3, 0.4) is 0 Å². The molecule has 1 aliphatic heterocycles. The Balaban J connectivity index is 1.49. The molecule has 0 spiro atoms. The van der Waals surface area contributed by atoms with Crippen LogP contribution in [0.25, 0.3) is 0 Å². The highest BCUT2D eigenvalue weighted by Crippen LogP contribution is 2.33. The van der Waals surface area contributed by atoms with Gasteiger partial charge in [0.05, 0.1) is 12.3 Å². The first-order valence-electron chi connectivity index (χ1n) is 10.5. The molecule has 0 radical (unpaired) electrons. The van der Waals surface area contributed by atoms with Crippen molar-refractivity contribution in [2.45, 2.75) is 25.8 Å². The number of carbonyl (C=O) groups is 1. The maximum absolute atomic E-state index is 13.3. The second-order valence-electron chi connectivity index (χ2n) is 7.45. The van der Waals surface area contributed by atoms with E-state index in [4.69, 9.17) is 14.2 Å². The van der Waals surface area contributed by atoms with Gasteiger partial charge in [-0.05, 0) is 67.3 Å². The van der Waals surface area contributed by atoms with Gasteiger partial charge in [0.25, 0.3) is 0 Å². The summed E-state index contributed by atoms with van der Waals surface area (Å²) in [7, 11) is 0. The minimum absolute atomic E-state index is 0.206. The van der Waals surface area contributed by atoms with Gasteiger partial charge in [-0.15, -0.1) is 0 Å². The van der Waals surface area contributed by atoms with Crippen molar-refractivity contribution in [1.82, 2.24) is 5.32 Å². The van der Waals surface area contributed by atoms with Crippen LogP contribution in [0.1, 0.15) is 18.1 Å². The molecular formula is C25H25FN2O4. The van der Waals surface area contributed by atoms with Crippen LogP contribution in [0, 0.1) is 5.82 Å². The van der Waals surface area contributed by atoms with E-state index in [0.29, 0.717) is 42.4 Å². The summed E-state index contributed by atoms with van der Waals surface area (Å²) in [5.74, 6) is 1.72. The lowest BCUT2D eigenvalue weighted by molar-refractivity contribution is 0.174. The van der Waals surface area contributed by atoms with Crippen molar-refractivity contribution in [3.63, 3.8) is 0 Å². The molecule has 0 saturated carbocycles. The highest BCUT2D eigenvalue weighted by atomic mass is 19.1. The maximum atomic E-state index is 13.3. The number of halogens is 1. The minimum atomic E-state index is -0.343. The number of fused-ring (bicyclic) bond motifs is 1. The first-order chi connectivity index (χ1) is 15.6. The van der Waals surface area contributed by atoms with E-state index in [-0.39, 0.29) is 24.7 Å². The Labute approximate surface area is 186 Å². The topological polar surface area (TPSA) is 68.8 Å². The number of hydrogen-bond acceptors (Lipinski definition) is 4. The van der Waals surface area contributed by atoms with E-state index in [1.165, 1.54) is 12.1 Å². The van der Waals surface area contributed by atoms with Crippen molar-refractivity contribution in [1.29, 1.82) is 0 Å². The van der Waals surface area contributed by atoms with Crippen LogP contribution in [-0.4, -0.2) is 25.5 Å². The van der Waals surface area contributed by atoms with Gasteiger partial charge in [0.15, 0.2) is 11.5 Å². The molecule has 0 saturated heterocycles. The number of anilines is 1. The SMILES string of the molecule is CCOc1ccccc1NC(=O)N[C@H](Cc1ccc(F)cc1)Cc1ccc2c(c1)OCO2. The van der Waals surface area contributed by atoms with Gasteiger partial charge >= 0.3 is 6.03 Å². The van der Waals surface area contributed by atoms with Crippen LogP contribution in [-0.2, 0) is 12.8 Å². The minimum Gasteiger partial charge on any atom is -0.492 e. The molecule has 7 heteroatoms. The predicted octanol–water partition coefficient (Wildman–Crippen LogP) is 4.93. The summed E-state index contributed by atoms with van der Waals surface area (Å²) in [6, 6.07) is 18.7. The summed E-state index contributed by atoms with van der Waals surface area (Å²) in [5, 5.41) is 5.91. The number of para-hydroxylation sites is 2. The predicted molar refractivity (Wildman–Crippen MR) is 120 cm³/mol. The van der Waals surface area contributed by atoms with E-state index in [2.05, 4.69) is 10.6 Å². The summed E-state index contributed by atoms with van der Waals surface area (Å²) in [6.07, 6.45) is 1.10. The molecule has 0 unspecified atom stereocenters. The third-order valence-electron chi connectivity index (χ3n) is 5.08. The molecule has 1 aliphatic rings. The largest absolute Gasteiger partial charge is 0.492 e. The van der Waals surface area contributed by atoms with Crippen LogP contribution in [0.15, 0.2) is 66.7 Å². The summed E-state index contributed by atoms with van der Waals surface area (Å²) in [4.78, 5) is 12.8. The quantitative estimate of drug-likeness (QED) is 0.526. The molecular weight excluding hydrogens is 411 g/mol. The zero-order chi connectivity index (χ0) is 22.3. The molecule has 6 nitrogen and oxygen atoms in total. The van der Waals surface area contributed by atoms with Gasteiger partial charge in [-0.2, -0.15) is 0 Å². The van der Waals surface area contributed by atoms with Crippen LogP contribution < -0.4 is 24.8 Å². The van der Waals surface area contributed by atoms with Crippen LogP contribution in [0.5, 0.6) is 17.2 Å². The Morgan fingerprint density at radius 1 is 1.00 bits per heavy atom. The van der Waals surface area contributed by atoms with Crippen molar-refractivity contribution in [2.24, 2.45) is 0 Å². The number of nitrogens with one attached hydrogen (secondary N) is 2. The summed E-state index contributed by atoms with van der Waals surface area (Å²) in [6.45, 7) is 2.59. The van der Waals surface area contributed by atoms with Crippen LogP contribution >= 0.6 is 0 Å². The van der Waals surface area contributed by atoms with Gasteiger partial charge in [-0.25, -0.2) is 9.18 Å². The smallest absolute Gasteiger partial charge is 0.319 e. The second kappa shape index (κ2) is 10.0. The van der Waals surface area contributed by atoms with Crippen LogP contribution in [0.2, 0.25) is 0 Å². The van der Waals surface area contributed by atoms with E-state index in [1.54, 1.807) is 18.2 Å². The molecule has 3 aromatic carbocycles. The first kappa shape index (κ1) is 21.5. The Morgan fingerprint density at radius 2 is 1.72 bits per heavy atom. The Hall–Kier alpha value is -3.74. The van der Waals surface area contributed by atoms with Crippen molar-refractivity contribution in [3.05, 3.63) is 83.7 Å². The van der Waals surface area contributed by atoms with E-state index >= 15 is 0 Å². The first-order valence-corrected chi connectivity index (χ1v) is 10.5. The van der Waals surface area contributed by atoms with Crippen LogP contribution in [0.4, 0.5) is 14.9 Å². The Bertz CT molecular complexity index is 1070. The average molecular weight is 436 g/mol. The molecule has 1 atom stereocenters. The van der Waals surface area contributed by atoms with Crippen molar-refractivity contribution in [2.75, 3.05) is 18.7 Å². The highest BCUT2D eigenvalue weighted by Gasteiger charge is 2.18. The molecule has 2 amide bonds. The van der Waals surface area contributed by atoms with Crippen molar-refractivity contribution >= 4 is 11.7 Å². The lowest BCUT2D eigenvalue weighted by Crippen LogP contribution is -2.40. The molecule has 1 heterocycles. The van der Waals surface area contributed by atoms with E-state index in [1.807, 2.05) is 43.3 Å². The number of hydrogen-bond donors (Lipinski definition) is 2. The summed E-state index contributed by atoms with van der Waals surface area (Å²) >= 11 is 0. The standard InChI is InChI=1S/C25H25FN2O4/c1-2-30-22-6-4-3-5-21(22)28-25(29)27-20(13-17-7-10-19(26)11-8-17)14-18-9-12-23-24(15-18)32-16-31-23/h3-12,15,20H,2,13-14,16H2,1H3,(H2,27,28,29)/t20-/m1/s1. The van der Waals surface area contributed by atoms with Crippen molar-refractivity contribution in [3.8, 4) is 17.2 Å². The molecule has 0 aliphatic carbocycles. The van der Waals surface area contributed by atoms with Gasteiger partial charge in [0.1, 0.15) is 11.6 Å². The Kier molecular flexibility index (Phi) is 6.75. The molecule has 0 bridgehead atoms. The molecule has 0 fully saturated rings. The molecule has 32 heavy (non-hydrogen) atoms. The number of urea groups is 1. The average Bonchev–Trinajstić information content (AvgIpc) is 3.25. The monoisotopic (exact) mass is 436 g/mol. The highest BCUT2D eigenvalue weighted by molar-refractivity contribution is 5.91. The van der Waals surface area contributed by atoms with Gasteiger partial charge < -0.3 is 24.8 Å². The zero-order valence-electron chi connectivity index (χ0n) is 17.8. The van der Waals surface area contributed by atoms with E-state index in [9.17, 15) is 9.18 Å². The van der Waals surface area contributed by atoms with E-state index in [0.717, 1.165) is 11.1 Å². The third-order valence-corrected chi connectivity index (χ3v) is 5.08. The fourth-order valence-electron chi connectivity index (χ4n) is 3.63. The Morgan fingerprint density at radius 3 is 2.53 bits per heavy atom. The maximum Gasteiger partial charge on any atom is 0.319 e. The van der Waals surface area contributed by atoms with Gasteiger partial charge in [0.2, 0.25) is 6.79 Å². The second-order valence-corrected chi connectivity index (χ2v) is 7.45. The number of amides is 2. The molecule has 2 N–H and O–H groups in total. The van der Waals surface area contributed by atoms with Gasteiger partial charge in [-0.1, -0.05) is 30.3 Å². The molecule has 3 aromatic rings. The normalized spacial score (nSPS) is 12.8. The lowest BCUT2D eigenvalue weighted by atomic mass is 9.98. The zero-order valence-corrected chi connectivity index (χ0v) is 17.8. The van der Waals surface area contributed by atoms with Crippen molar-refractivity contribution < 1.29 is 23.4 Å². The number of ether oxygens (including phenoxy) is 3. The fraction of sp³-hybridized carbons (Fsp3) is 0.240. The summed E-state index contributed by atoms with van der Waals surface area (Å²) < 4.78 is 29.8. The number of rotatable bonds is 8. The number of carbonyl (C=O) groups excluding carboxylic acids is 1. The third kappa shape index (κ3) is 5.49. The number of benzene rings is 3. The lowest BCUT2D eigenvalue weighted by Gasteiger charge is -2.20. The molecule has 4 rings (SSSR count).